The SMILES string of the molecule is COc1nc(N2CCOC(CBr)C2)ncc1Br. The maximum absolute atomic E-state index is 5.57. The highest BCUT2D eigenvalue weighted by atomic mass is 79.9. The first-order valence-corrected chi connectivity index (χ1v) is 7.15. The van der Waals surface area contributed by atoms with Crippen LogP contribution in [-0.2, 0) is 4.74 Å². The van der Waals surface area contributed by atoms with Gasteiger partial charge in [-0.25, -0.2) is 4.98 Å². The Labute approximate surface area is 117 Å². The first-order chi connectivity index (χ1) is 8.24. The fourth-order valence-corrected chi connectivity index (χ4v) is 2.38. The molecule has 17 heavy (non-hydrogen) atoms. The van der Waals surface area contributed by atoms with Crippen molar-refractivity contribution in [3.8, 4) is 5.88 Å². The van der Waals surface area contributed by atoms with Crippen molar-refractivity contribution in [2.45, 2.75) is 6.10 Å². The molecule has 0 spiro atoms. The molecule has 1 aromatic heterocycles. The van der Waals surface area contributed by atoms with E-state index in [2.05, 4.69) is 46.7 Å². The Balaban J connectivity index is 2.16. The topological polar surface area (TPSA) is 47.5 Å². The standard InChI is InChI=1S/C10H13Br2N3O2/c1-16-9-8(12)5-13-10(14-9)15-2-3-17-7(4-11)6-15/h5,7H,2-4,6H2,1H3. The summed E-state index contributed by atoms with van der Waals surface area (Å²) in [5.41, 5.74) is 0. The molecule has 2 heterocycles. The van der Waals surface area contributed by atoms with Crippen LogP contribution in [0.3, 0.4) is 0 Å². The molecule has 0 aliphatic carbocycles. The Morgan fingerprint density at radius 3 is 3.18 bits per heavy atom. The van der Waals surface area contributed by atoms with Crippen molar-refractivity contribution >= 4 is 37.8 Å². The monoisotopic (exact) mass is 365 g/mol. The van der Waals surface area contributed by atoms with Crippen LogP contribution in [0.1, 0.15) is 0 Å². The average molecular weight is 367 g/mol. The van der Waals surface area contributed by atoms with Gasteiger partial charge >= 0.3 is 0 Å². The third-order valence-corrected chi connectivity index (χ3v) is 3.75. The van der Waals surface area contributed by atoms with Gasteiger partial charge in [-0.3, -0.25) is 0 Å². The van der Waals surface area contributed by atoms with Crippen LogP contribution in [-0.4, -0.2) is 48.2 Å². The molecule has 1 unspecified atom stereocenters. The van der Waals surface area contributed by atoms with Gasteiger partial charge in [-0.05, 0) is 15.9 Å². The minimum atomic E-state index is 0.182. The van der Waals surface area contributed by atoms with E-state index in [9.17, 15) is 0 Å². The number of halogens is 2. The van der Waals surface area contributed by atoms with Crippen molar-refractivity contribution in [3.63, 3.8) is 0 Å². The summed E-state index contributed by atoms with van der Waals surface area (Å²) in [5.74, 6) is 1.23. The zero-order chi connectivity index (χ0) is 12.3. The van der Waals surface area contributed by atoms with Crippen molar-refractivity contribution < 1.29 is 9.47 Å². The zero-order valence-electron chi connectivity index (χ0n) is 9.40. The predicted octanol–water partition coefficient (Wildman–Crippen LogP) is 1.85. The molecule has 0 N–H and O–H groups in total. The smallest absolute Gasteiger partial charge is 0.232 e. The second-order valence-electron chi connectivity index (χ2n) is 3.62. The highest BCUT2D eigenvalue weighted by molar-refractivity contribution is 9.10. The highest BCUT2D eigenvalue weighted by Gasteiger charge is 2.22. The van der Waals surface area contributed by atoms with Crippen LogP contribution in [0, 0.1) is 0 Å². The van der Waals surface area contributed by atoms with E-state index < -0.39 is 0 Å². The minimum Gasteiger partial charge on any atom is -0.480 e. The number of hydrogen-bond donors (Lipinski definition) is 0. The molecule has 0 saturated carbocycles. The van der Waals surface area contributed by atoms with Crippen molar-refractivity contribution in [1.82, 2.24) is 9.97 Å². The first-order valence-electron chi connectivity index (χ1n) is 5.23. The third-order valence-electron chi connectivity index (χ3n) is 2.49. The van der Waals surface area contributed by atoms with Gasteiger partial charge in [0.05, 0.1) is 30.5 Å². The molecule has 1 aliphatic rings. The van der Waals surface area contributed by atoms with Gasteiger partial charge in [-0.1, -0.05) is 15.9 Å². The van der Waals surface area contributed by atoms with Gasteiger partial charge in [-0.2, -0.15) is 4.98 Å². The van der Waals surface area contributed by atoms with Crippen molar-refractivity contribution in [3.05, 3.63) is 10.7 Å². The number of alkyl halides is 1. The van der Waals surface area contributed by atoms with E-state index in [1.54, 1.807) is 13.3 Å². The molecule has 94 valence electrons. The molecular formula is C10H13Br2N3O2. The summed E-state index contributed by atoms with van der Waals surface area (Å²) in [6.45, 7) is 2.28. The lowest BCUT2D eigenvalue weighted by molar-refractivity contribution is 0.0564. The van der Waals surface area contributed by atoms with Crippen molar-refractivity contribution in [2.24, 2.45) is 0 Å². The highest BCUT2D eigenvalue weighted by Crippen LogP contribution is 2.24. The van der Waals surface area contributed by atoms with E-state index in [0.29, 0.717) is 18.4 Å². The molecule has 0 amide bonds. The summed E-state index contributed by atoms with van der Waals surface area (Å²) in [6, 6.07) is 0. The molecule has 1 aliphatic heterocycles. The molecule has 1 saturated heterocycles. The van der Waals surface area contributed by atoms with E-state index in [0.717, 1.165) is 22.9 Å². The summed E-state index contributed by atoms with van der Waals surface area (Å²) in [4.78, 5) is 10.8. The molecule has 5 nitrogen and oxygen atoms in total. The van der Waals surface area contributed by atoms with Gasteiger partial charge in [0.15, 0.2) is 0 Å². The number of anilines is 1. The second kappa shape index (κ2) is 5.97. The van der Waals surface area contributed by atoms with Crippen molar-refractivity contribution in [2.75, 3.05) is 37.0 Å². The van der Waals surface area contributed by atoms with Crippen LogP contribution in [0.5, 0.6) is 5.88 Å². The molecule has 0 radical (unpaired) electrons. The molecule has 1 aromatic rings. The van der Waals surface area contributed by atoms with Crippen LogP contribution in [0.25, 0.3) is 0 Å². The number of aromatic nitrogens is 2. The number of morpholine rings is 1. The fraction of sp³-hybridized carbons (Fsp3) is 0.600. The van der Waals surface area contributed by atoms with Gasteiger partial charge in [0.1, 0.15) is 0 Å². The summed E-state index contributed by atoms with van der Waals surface area (Å²) in [6.07, 6.45) is 1.89. The Morgan fingerprint density at radius 2 is 2.47 bits per heavy atom. The van der Waals surface area contributed by atoms with Crippen LogP contribution >= 0.6 is 31.9 Å². The van der Waals surface area contributed by atoms with Crippen LogP contribution in [0.2, 0.25) is 0 Å². The Morgan fingerprint density at radius 1 is 1.65 bits per heavy atom. The fourth-order valence-electron chi connectivity index (χ4n) is 1.63. The third kappa shape index (κ3) is 3.08. The number of methoxy groups -OCH3 is 1. The maximum atomic E-state index is 5.57. The zero-order valence-corrected chi connectivity index (χ0v) is 12.6. The normalized spacial score (nSPS) is 20.4. The number of rotatable bonds is 3. The van der Waals surface area contributed by atoms with Gasteiger partial charge in [0.2, 0.25) is 11.8 Å². The van der Waals surface area contributed by atoms with Crippen LogP contribution in [0.4, 0.5) is 5.95 Å². The van der Waals surface area contributed by atoms with Gasteiger partial charge in [0, 0.05) is 18.4 Å². The van der Waals surface area contributed by atoms with E-state index in [1.807, 2.05) is 0 Å². The number of nitrogens with zero attached hydrogens (tertiary/aromatic N) is 3. The number of hydrogen-bond acceptors (Lipinski definition) is 5. The number of ether oxygens (including phenoxy) is 2. The van der Waals surface area contributed by atoms with Gasteiger partial charge in [-0.15, -0.1) is 0 Å². The van der Waals surface area contributed by atoms with Crippen LogP contribution in [0.15, 0.2) is 10.7 Å². The Hall–Kier alpha value is -0.400. The molecule has 0 bridgehead atoms. The summed E-state index contributed by atoms with van der Waals surface area (Å²) >= 11 is 6.77. The molecular weight excluding hydrogens is 354 g/mol. The van der Waals surface area contributed by atoms with E-state index in [4.69, 9.17) is 9.47 Å². The summed E-state index contributed by atoms with van der Waals surface area (Å²) < 4.78 is 11.5. The molecule has 1 fully saturated rings. The minimum absolute atomic E-state index is 0.182. The molecule has 2 rings (SSSR count). The lowest BCUT2D eigenvalue weighted by Gasteiger charge is -2.32. The maximum Gasteiger partial charge on any atom is 0.232 e. The lowest BCUT2D eigenvalue weighted by Crippen LogP contribution is -2.44. The quantitative estimate of drug-likeness (QED) is 0.764. The van der Waals surface area contributed by atoms with Crippen molar-refractivity contribution in [1.29, 1.82) is 0 Å². The second-order valence-corrected chi connectivity index (χ2v) is 5.12. The summed E-state index contributed by atoms with van der Waals surface area (Å²) in [5, 5.41) is 0.817. The average Bonchev–Trinajstić information content (AvgIpc) is 2.39. The predicted molar refractivity (Wildman–Crippen MR) is 72.0 cm³/mol. The largest absolute Gasteiger partial charge is 0.480 e. The summed E-state index contributed by atoms with van der Waals surface area (Å²) in [7, 11) is 1.59. The van der Waals surface area contributed by atoms with E-state index in [1.165, 1.54) is 0 Å². The van der Waals surface area contributed by atoms with E-state index in [-0.39, 0.29) is 6.10 Å². The van der Waals surface area contributed by atoms with Gasteiger partial charge in [0.25, 0.3) is 0 Å². The molecule has 1 atom stereocenters. The van der Waals surface area contributed by atoms with Crippen LogP contribution < -0.4 is 9.64 Å². The first kappa shape index (κ1) is 13.0. The lowest BCUT2D eigenvalue weighted by atomic mass is 10.3. The Bertz CT molecular complexity index is 392. The van der Waals surface area contributed by atoms with E-state index >= 15 is 0 Å². The Kier molecular flexibility index (Phi) is 4.58. The van der Waals surface area contributed by atoms with Gasteiger partial charge < -0.3 is 14.4 Å². The molecule has 7 heteroatoms. The molecule has 0 aromatic carbocycles.